The molecule has 0 saturated carbocycles. The van der Waals surface area contributed by atoms with Crippen molar-refractivity contribution in [3.8, 4) is 0 Å². The zero-order chi connectivity index (χ0) is 23.2. The van der Waals surface area contributed by atoms with Crippen molar-refractivity contribution in [2.75, 3.05) is 10.6 Å². The van der Waals surface area contributed by atoms with Gasteiger partial charge in [0.2, 0.25) is 11.6 Å². The van der Waals surface area contributed by atoms with Crippen LogP contribution in [-0.2, 0) is 0 Å². The van der Waals surface area contributed by atoms with Crippen LogP contribution < -0.4 is 10.6 Å². The lowest BCUT2D eigenvalue weighted by Gasteiger charge is -2.12. The van der Waals surface area contributed by atoms with E-state index in [2.05, 4.69) is 30.8 Å². The van der Waals surface area contributed by atoms with Crippen LogP contribution in [0.15, 0.2) is 89.4 Å². The Hall–Kier alpha value is -4.66. The summed E-state index contributed by atoms with van der Waals surface area (Å²) in [6.07, 6.45) is 1.28. The molecule has 1 heterocycles. The molecular weight excluding hydrogens is 418 g/mol. The summed E-state index contributed by atoms with van der Waals surface area (Å²) in [5.41, 5.74) is 4.50. The summed E-state index contributed by atoms with van der Waals surface area (Å²) in [7, 11) is 0. The molecule has 4 aromatic rings. The van der Waals surface area contributed by atoms with Crippen LogP contribution in [0.25, 0.3) is 0 Å². The van der Waals surface area contributed by atoms with Crippen LogP contribution in [0, 0.1) is 24.0 Å². The Morgan fingerprint density at radius 2 is 1.45 bits per heavy atom. The van der Waals surface area contributed by atoms with Crippen molar-refractivity contribution in [1.29, 1.82) is 0 Å². The first-order valence-corrected chi connectivity index (χ1v) is 10.2. The molecule has 9 heteroatoms. The van der Waals surface area contributed by atoms with E-state index in [-0.39, 0.29) is 17.3 Å². The standard InChI is InChI=1S/C24H21N7O2/c1-16-8-9-17(2)21(14-16)28-24-22(31(32)33)23(25-15-26-24)27-18-10-12-20(13-11-18)30-29-19-6-4-3-5-7-19/h3-15H,1-2H3,(H2,25,26,27,28). The van der Waals surface area contributed by atoms with Crippen LogP contribution in [0.4, 0.5) is 40.1 Å². The van der Waals surface area contributed by atoms with E-state index >= 15 is 0 Å². The average Bonchev–Trinajstić information content (AvgIpc) is 2.81. The molecule has 0 fully saturated rings. The highest BCUT2D eigenvalue weighted by Gasteiger charge is 2.23. The van der Waals surface area contributed by atoms with Crippen LogP contribution in [0.5, 0.6) is 0 Å². The highest BCUT2D eigenvalue weighted by atomic mass is 16.6. The number of benzene rings is 3. The molecule has 0 radical (unpaired) electrons. The molecule has 0 spiro atoms. The lowest BCUT2D eigenvalue weighted by atomic mass is 10.1. The van der Waals surface area contributed by atoms with Crippen LogP contribution in [0.2, 0.25) is 0 Å². The highest BCUT2D eigenvalue weighted by Crippen LogP contribution is 2.34. The first-order chi connectivity index (χ1) is 16.0. The maximum atomic E-state index is 11.9. The first kappa shape index (κ1) is 21.6. The molecule has 3 aromatic carbocycles. The number of hydrogen-bond donors (Lipinski definition) is 2. The molecule has 9 nitrogen and oxygen atoms in total. The number of aryl methyl sites for hydroxylation is 2. The molecule has 0 saturated heterocycles. The van der Waals surface area contributed by atoms with E-state index in [0.717, 1.165) is 22.5 Å². The van der Waals surface area contributed by atoms with E-state index in [9.17, 15) is 10.1 Å². The lowest BCUT2D eigenvalue weighted by Crippen LogP contribution is -2.06. The molecule has 0 aliphatic rings. The Morgan fingerprint density at radius 1 is 0.818 bits per heavy atom. The molecule has 0 atom stereocenters. The van der Waals surface area contributed by atoms with Crippen LogP contribution in [0.3, 0.4) is 0 Å². The normalized spacial score (nSPS) is 10.8. The second-order valence-electron chi connectivity index (χ2n) is 7.33. The minimum absolute atomic E-state index is 0.0847. The predicted octanol–water partition coefficient (Wildman–Crippen LogP) is 6.90. The molecule has 4 rings (SSSR count). The summed E-state index contributed by atoms with van der Waals surface area (Å²) in [5, 5.41) is 26.3. The van der Waals surface area contributed by atoms with Gasteiger partial charge < -0.3 is 10.6 Å². The van der Waals surface area contributed by atoms with E-state index in [0.29, 0.717) is 11.4 Å². The minimum atomic E-state index is -0.502. The third kappa shape index (κ3) is 5.34. The number of nitro groups is 1. The van der Waals surface area contributed by atoms with Crippen molar-refractivity contribution in [2.45, 2.75) is 13.8 Å². The van der Waals surface area contributed by atoms with E-state index in [1.807, 2.05) is 62.4 Å². The number of aromatic nitrogens is 2. The third-order valence-corrected chi connectivity index (χ3v) is 4.82. The van der Waals surface area contributed by atoms with Crippen molar-refractivity contribution in [3.63, 3.8) is 0 Å². The Labute approximate surface area is 190 Å². The van der Waals surface area contributed by atoms with Crippen LogP contribution in [-0.4, -0.2) is 14.9 Å². The zero-order valence-corrected chi connectivity index (χ0v) is 18.1. The highest BCUT2D eigenvalue weighted by molar-refractivity contribution is 5.77. The maximum Gasteiger partial charge on any atom is 0.353 e. The topological polar surface area (TPSA) is 118 Å². The monoisotopic (exact) mass is 439 g/mol. The van der Waals surface area contributed by atoms with Crippen LogP contribution in [0.1, 0.15) is 11.1 Å². The molecule has 2 N–H and O–H groups in total. The number of rotatable bonds is 7. The summed E-state index contributed by atoms with van der Waals surface area (Å²) in [4.78, 5) is 19.6. The van der Waals surface area contributed by atoms with E-state index in [1.165, 1.54) is 6.33 Å². The fourth-order valence-corrected chi connectivity index (χ4v) is 3.09. The largest absolute Gasteiger partial charge is 0.353 e. The zero-order valence-electron chi connectivity index (χ0n) is 18.1. The van der Waals surface area contributed by atoms with Gasteiger partial charge in [0, 0.05) is 11.4 Å². The number of azo groups is 1. The summed E-state index contributed by atoms with van der Waals surface area (Å²) < 4.78 is 0. The lowest BCUT2D eigenvalue weighted by molar-refractivity contribution is -0.383. The molecule has 0 aliphatic carbocycles. The Morgan fingerprint density at radius 3 is 2.12 bits per heavy atom. The van der Waals surface area contributed by atoms with Crippen molar-refractivity contribution < 1.29 is 4.92 Å². The second-order valence-corrected chi connectivity index (χ2v) is 7.33. The van der Waals surface area contributed by atoms with Gasteiger partial charge in [-0.1, -0.05) is 30.3 Å². The van der Waals surface area contributed by atoms with Crippen LogP contribution >= 0.6 is 0 Å². The van der Waals surface area contributed by atoms with E-state index < -0.39 is 4.92 Å². The predicted molar refractivity (Wildman–Crippen MR) is 128 cm³/mol. The van der Waals surface area contributed by atoms with E-state index in [4.69, 9.17) is 0 Å². The van der Waals surface area contributed by atoms with Gasteiger partial charge in [-0.25, -0.2) is 9.97 Å². The summed E-state index contributed by atoms with van der Waals surface area (Å²) >= 11 is 0. The molecule has 1 aromatic heterocycles. The van der Waals surface area contributed by atoms with Gasteiger partial charge in [-0.3, -0.25) is 10.1 Å². The van der Waals surface area contributed by atoms with Gasteiger partial charge in [0.05, 0.1) is 16.3 Å². The number of hydrogen-bond acceptors (Lipinski definition) is 8. The number of nitrogens with one attached hydrogen (secondary N) is 2. The molecule has 0 unspecified atom stereocenters. The second kappa shape index (κ2) is 9.65. The SMILES string of the molecule is Cc1ccc(C)c(Nc2ncnc(Nc3ccc(N=Nc4ccccc4)cc3)c2[N+](=O)[O-])c1. The van der Waals surface area contributed by atoms with Gasteiger partial charge in [0.1, 0.15) is 6.33 Å². The van der Waals surface area contributed by atoms with Gasteiger partial charge >= 0.3 is 5.69 Å². The molecule has 0 aliphatic heterocycles. The molecule has 0 bridgehead atoms. The minimum Gasteiger partial charge on any atom is -0.334 e. The van der Waals surface area contributed by atoms with Gasteiger partial charge in [-0.15, -0.1) is 0 Å². The molecule has 164 valence electrons. The molecule has 33 heavy (non-hydrogen) atoms. The molecular formula is C24H21N7O2. The van der Waals surface area contributed by atoms with Gasteiger partial charge in [-0.05, 0) is 67.4 Å². The average molecular weight is 439 g/mol. The number of nitrogens with zero attached hydrogens (tertiary/aromatic N) is 5. The van der Waals surface area contributed by atoms with E-state index in [1.54, 1.807) is 24.3 Å². The first-order valence-electron chi connectivity index (χ1n) is 10.2. The van der Waals surface area contributed by atoms with Crippen molar-refractivity contribution in [1.82, 2.24) is 9.97 Å². The van der Waals surface area contributed by atoms with Crippen molar-refractivity contribution in [2.24, 2.45) is 10.2 Å². The smallest absolute Gasteiger partial charge is 0.334 e. The van der Waals surface area contributed by atoms with Gasteiger partial charge in [0.15, 0.2) is 0 Å². The quantitative estimate of drug-likeness (QED) is 0.184. The Balaban J connectivity index is 1.56. The van der Waals surface area contributed by atoms with Gasteiger partial charge in [-0.2, -0.15) is 10.2 Å². The number of anilines is 4. The fraction of sp³-hybridized carbons (Fsp3) is 0.0833. The van der Waals surface area contributed by atoms with Crippen molar-refractivity contribution >= 4 is 40.1 Å². The summed E-state index contributed by atoms with van der Waals surface area (Å²) in [6, 6.07) is 22.3. The Bertz CT molecular complexity index is 1310. The molecule has 0 amide bonds. The maximum absolute atomic E-state index is 11.9. The summed E-state index contributed by atoms with van der Waals surface area (Å²) in [6.45, 7) is 3.87. The van der Waals surface area contributed by atoms with Crippen molar-refractivity contribution in [3.05, 3.63) is 100 Å². The van der Waals surface area contributed by atoms with Gasteiger partial charge in [0.25, 0.3) is 0 Å². The summed E-state index contributed by atoms with van der Waals surface area (Å²) in [5.74, 6) is 0.195. The fourth-order valence-electron chi connectivity index (χ4n) is 3.09. The Kier molecular flexibility index (Phi) is 6.31. The third-order valence-electron chi connectivity index (χ3n) is 4.82.